The first-order valence-electron chi connectivity index (χ1n) is 7.35. The lowest BCUT2D eigenvalue weighted by Crippen LogP contribution is -2.19. The number of hydrogen-bond donors (Lipinski definition) is 0. The van der Waals surface area contributed by atoms with Gasteiger partial charge in [-0.15, -0.1) is 0 Å². The van der Waals surface area contributed by atoms with Crippen LogP contribution in [0.3, 0.4) is 0 Å². The van der Waals surface area contributed by atoms with Gasteiger partial charge in [-0.05, 0) is 44.0 Å². The minimum Gasteiger partial charge on any atom is -0.296 e. The van der Waals surface area contributed by atoms with E-state index < -0.39 is 11.0 Å². The van der Waals surface area contributed by atoms with Gasteiger partial charge < -0.3 is 0 Å². The van der Waals surface area contributed by atoms with Crippen molar-refractivity contribution in [3.05, 3.63) is 53.9 Å². The predicted octanol–water partition coefficient (Wildman–Crippen LogP) is 3.68. The Balaban J connectivity index is 2.40. The van der Waals surface area contributed by atoms with Crippen LogP contribution < -0.4 is 0 Å². The summed E-state index contributed by atoms with van der Waals surface area (Å²) < 4.78 is 15.9. The monoisotopic (exact) mass is 327 g/mol. The van der Waals surface area contributed by atoms with Crippen molar-refractivity contribution in [1.82, 2.24) is 4.98 Å². The Morgan fingerprint density at radius 2 is 1.91 bits per heavy atom. The van der Waals surface area contributed by atoms with Crippen molar-refractivity contribution in [2.75, 3.05) is 7.05 Å². The Bertz CT molecular complexity index is 761. The molecule has 120 valence electrons. The number of benzene rings is 1. The van der Waals surface area contributed by atoms with E-state index in [1.807, 2.05) is 63.4 Å². The Morgan fingerprint density at radius 3 is 2.61 bits per heavy atom. The molecule has 23 heavy (non-hydrogen) atoms. The fourth-order valence-corrected chi connectivity index (χ4v) is 2.47. The predicted molar refractivity (Wildman–Crippen MR) is 98.7 cm³/mol. The minimum absolute atomic E-state index is 0.386. The van der Waals surface area contributed by atoms with Crippen molar-refractivity contribution >= 4 is 23.4 Å². The lowest BCUT2D eigenvalue weighted by atomic mass is 10.0. The van der Waals surface area contributed by atoms with Gasteiger partial charge in [0.2, 0.25) is 0 Å². The summed E-state index contributed by atoms with van der Waals surface area (Å²) >= 11 is 0. The third kappa shape index (κ3) is 4.66. The highest BCUT2D eigenvalue weighted by atomic mass is 32.2. The highest BCUT2D eigenvalue weighted by Crippen LogP contribution is 2.22. The highest BCUT2D eigenvalue weighted by molar-refractivity contribution is 7.85. The summed E-state index contributed by atoms with van der Waals surface area (Å²) in [5, 5.41) is 0. The van der Waals surface area contributed by atoms with Crippen LogP contribution in [0.25, 0.3) is 11.1 Å². The molecule has 0 radical (unpaired) electrons. The molecule has 0 aliphatic heterocycles. The Hall–Kier alpha value is -2.14. The maximum atomic E-state index is 12.1. The molecule has 0 saturated heterocycles. The molecule has 0 aliphatic carbocycles. The van der Waals surface area contributed by atoms with Gasteiger partial charge in [-0.3, -0.25) is 9.98 Å². The number of aliphatic imine (C=N–C) groups is 1. The van der Waals surface area contributed by atoms with Crippen LogP contribution in [-0.4, -0.2) is 33.4 Å². The van der Waals surface area contributed by atoms with Gasteiger partial charge in [0.1, 0.15) is 11.0 Å². The quantitative estimate of drug-likeness (QED) is 0.804. The van der Waals surface area contributed by atoms with Gasteiger partial charge >= 0.3 is 0 Å². The van der Waals surface area contributed by atoms with Crippen LogP contribution in [0.4, 0.5) is 0 Å². The molecule has 0 fully saturated rings. The average Bonchev–Trinajstić information content (AvgIpc) is 2.52. The van der Waals surface area contributed by atoms with Gasteiger partial charge in [-0.2, -0.15) is 4.40 Å². The standard InChI is InChI=1S/C18H21N3OS/c1-18(2,3)23(22)21-13-17-16(9-6-10-20-17)15-8-5-7-14(11-15)12-19-4/h5-13H,1-4H3. The Morgan fingerprint density at radius 1 is 1.13 bits per heavy atom. The van der Waals surface area contributed by atoms with E-state index in [0.29, 0.717) is 5.69 Å². The van der Waals surface area contributed by atoms with Crippen molar-refractivity contribution in [3.8, 4) is 11.1 Å². The first-order chi connectivity index (χ1) is 10.9. The third-order valence-corrected chi connectivity index (χ3v) is 4.45. The van der Waals surface area contributed by atoms with Crippen LogP contribution in [0.1, 0.15) is 32.0 Å². The number of pyridine rings is 1. The van der Waals surface area contributed by atoms with E-state index in [2.05, 4.69) is 14.4 Å². The second kappa shape index (κ2) is 7.42. The third-order valence-electron chi connectivity index (χ3n) is 3.11. The topological polar surface area (TPSA) is 54.7 Å². The SMILES string of the molecule is CN=Cc1cccc(-c2cccnc2C=NS(=O)C(C)(C)C)c1. The number of hydrogen-bond acceptors (Lipinski definition) is 3. The average molecular weight is 327 g/mol. The molecule has 0 saturated carbocycles. The lowest BCUT2D eigenvalue weighted by molar-refractivity contribution is 0.651. The molecule has 5 heteroatoms. The second-order valence-electron chi connectivity index (χ2n) is 6.05. The minimum atomic E-state index is -1.30. The molecular weight excluding hydrogens is 306 g/mol. The number of rotatable bonds is 4. The molecule has 0 N–H and O–H groups in total. The summed E-state index contributed by atoms with van der Waals surface area (Å²) in [6.07, 6.45) is 5.11. The van der Waals surface area contributed by atoms with E-state index in [0.717, 1.165) is 16.7 Å². The van der Waals surface area contributed by atoms with Gasteiger partial charge in [0.05, 0.1) is 16.7 Å². The number of nitrogens with zero attached hydrogens (tertiary/aromatic N) is 3. The molecular formula is C18H21N3OS. The first kappa shape index (κ1) is 17.2. The van der Waals surface area contributed by atoms with E-state index in [9.17, 15) is 4.21 Å². The zero-order valence-electron chi connectivity index (χ0n) is 13.9. The summed E-state index contributed by atoms with van der Waals surface area (Å²) in [6, 6.07) is 11.9. The Labute approximate surface area is 140 Å². The zero-order valence-corrected chi connectivity index (χ0v) is 14.7. The molecule has 0 aliphatic rings. The summed E-state index contributed by atoms with van der Waals surface area (Å²) in [6.45, 7) is 5.69. The first-order valence-corrected chi connectivity index (χ1v) is 8.46. The fraction of sp³-hybridized carbons (Fsp3) is 0.278. The van der Waals surface area contributed by atoms with Crippen molar-refractivity contribution in [1.29, 1.82) is 0 Å². The van der Waals surface area contributed by atoms with E-state index in [1.54, 1.807) is 19.5 Å². The zero-order chi connectivity index (χ0) is 16.9. The highest BCUT2D eigenvalue weighted by Gasteiger charge is 2.18. The molecule has 0 spiro atoms. The largest absolute Gasteiger partial charge is 0.296 e. The molecule has 0 bridgehead atoms. The normalized spacial score (nSPS) is 13.7. The van der Waals surface area contributed by atoms with Crippen molar-refractivity contribution in [3.63, 3.8) is 0 Å². The lowest BCUT2D eigenvalue weighted by Gasteiger charge is -2.13. The summed E-state index contributed by atoms with van der Waals surface area (Å²) in [4.78, 5) is 8.41. The smallest absolute Gasteiger partial charge is 0.144 e. The Kier molecular flexibility index (Phi) is 5.55. The molecule has 1 aromatic carbocycles. The van der Waals surface area contributed by atoms with Crippen LogP contribution in [0.15, 0.2) is 52.0 Å². The van der Waals surface area contributed by atoms with E-state index in [1.165, 1.54) is 0 Å². The van der Waals surface area contributed by atoms with Crippen LogP contribution in [0.5, 0.6) is 0 Å². The second-order valence-corrected chi connectivity index (χ2v) is 7.98. The molecule has 1 atom stereocenters. The molecule has 2 aromatic rings. The molecule has 1 heterocycles. The van der Waals surface area contributed by atoms with Crippen LogP contribution in [-0.2, 0) is 11.0 Å². The van der Waals surface area contributed by atoms with Gasteiger partial charge in [-0.1, -0.05) is 24.3 Å². The van der Waals surface area contributed by atoms with E-state index in [-0.39, 0.29) is 4.75 Å². The van der Waals surface area contributed by atoms with Crippen molar-refractivity contribution in [2.24, 2.45) is 9.39 Å². The van der Waals surface area contributed by atoms with E-state index >= 15 is 0 Å². The molecule has 1 aromatic heterocycles. The van der Waals surface area contributed by atoms with Crippen LogP contribution >= 0.6 is 0 Å². The van der Waals surface area contributed by atoms with Crippen molar-refractivity contribution in [2.45, 2.75) is 25.5 Å². The van der Waals surface area contributed by atoms with Gasteiger partial charge in [0, 0.05) is 25.0 Å². The molecule has 2 rings (SSSR count). The van der Waals surface area contributed by atoms with Crippen molar-refractivity contribution < 1.29 is 4.21 Å². The van der Waals surface area contributed by atoms with Gasteiger partial charge in [-0.25, -0.2) is 4.21 Å². The molecule has 0 amide bonds. The van der Waals surface area contributed by atoms with Crippen LogP contribution in [0, 0.1) is 0 Å². The number of aromatic nitrogens is 1. The maximum Gasteiger partial charge on any atom is 0.144 e. The summed E-state index contributed by atoms with van der Waals surface area (Å²) in [7, 11) is 0.445. The van der Waals surface area contributed by atoms with Gasteiger partial charge in [0.15, 0.2) is 0 Å². The summed E-state index contributed by atoms with van der Waals surface area (Å²) in [5.74, 6) is 0. The molecule has 4 nitrogen and oxygen atoms in total. The van der Waals surface area contributed by atoms with E-state index in [4.69, 9.17) is 0 Å². The molecule has 1 unspecified atom stereocenters. The van der Waals surface area contributed by atoms with Crippen LogP contribution in [0.2, 0.25) is 0 Å². The van der Waals surface area contributed by atoms with Gasteiger partial charge in [0.25, 0.3) is 0 Å². The maximum absolute atomic E-state index is 12.1. The fourth-order valence-electron chi connectivity index (χ4n) is 1.96. The summed E-state index contributed by atoms with van der Waals surface area (Å²) in [5.41, 5.74) is 3.71.